The van der Waals surface area contributed by atoms with Gasteiger partial charge in [-0.2, -0.15) is 0 Å². The molecule has 0 aromatic carbocycles. The van der Waals surface area contributed by atoms with Crippen LogP contribution in [0.4, 0.5) is 5.82 Å². The molecule has 4 nitrogen and oxygen atoms in total. The molecule has 1 amide bonds. The van der Waals surface area contributed by atoms with Crippen molar-refractivity contribution < 1.29 is 4.79 Å². The molecule has 0 saturated carbocycles. The van der Waals surface area contributed by atoms with Crippen LogP contribution in [0.25, 0.3) is 0 Å². The summed E-state index contributed by atoms with van der Waals surface area (Å²) in [5, 5.41) is 6.13. The minimum absolute atomic E-state index is 0.110. The normalized spacial score (nSPS) is 11.2. The lowest BCUT2D eigenvalue weighted by molar-refractivity contribution is 0.0931. The predicted octanol–water partition coefficient (Wildman–Crippen LogP) is 3.07. The summed E-state index contributed by atoms with van der Waals surface area (Å²) in [6.45, 7) is 10.0. The van der Waals surface area contributed by atoms with Crippen molar-refractivity contribution in [1.29, 1.82) is 0 Å². The molecule has 4 heteroatoms. The Bertz CT molecular complexity index is 416. The molecule has 0 aliphatic heterocycles. The number of hydrogen-bond acceptors (Lipinski definition) is 3. The van der Waals surface area contributed by atoms with Gasteiger partial charge in [0.15, 0.2) is 0 Å². The molecule has 2 N–H and O–H groups in total. The van der Waals surface area contributed by atoms with Gasteiger partial charge < -0.3 is 10.6 Å². The third-order valence-electron chi connectivity index (χ3n) is 3.22. The first kappa shape index (κ1) is 15.5. The van der Waals surface area contributed by atoms with Crippen LogP contribution in [0.1, 0.15) is 51.0 Å². The van der Waals surface area contributed by atoms with Gasteiger partial charge in [0.05, 0.1) is 0 Å². The van der Waals surface area contributed by atoms with Gasteiger partial charge in [0.1, 0.15) is 11.5 Å². The largest absolute Gasteiger partial charge is 0.370 e. The Hall–Kier alpha value is -1.58. The molecular formula is C15H25N3O. The number of anilines is 1. The van der Waals surface area contributed by atoms with E-state index in [4.69, 9.17) is 0 Å². The predicted molar refractivity (Wildman–Crippen MR) is 79.4 cm³/mol. The second-order valence-corrected chi connectivity index (χ2v) is 5.54. The third-order valence-corrected chi connectivity index (χ3v) is 3.22. The topological polar surface area (TPSA) is 54.0 Å². The molecule has 0 bridgehead atoms. The fourth-order valence-electron chi connectivity index (χ4n) is 1.45. The third kappa shape index (κ3) is 5.28. The van der Waals surface area contributed by atoms with Gasteiger partial charge >= 0.3 is 0 Å². The highest BCUT2D eigenvalue weighted by atomic mass is 16.1. The number of rotatable bonds is 7. The van der Waals surface area contributed by atoms with Gasteiger partial charge in [0.25, 0.3) is 5.91 Å². The quantitative estimate of drug-likeness (QED) is 0.795. The molecular weight excluding hydrogens is 238 g/mol. The van der Waals surface area contributed by atoms with Gasteiger partial charge in [0.2, 0.25) is 0 Å². The molecule has 0 radical (unpaired) electrons. The van der Waals surface area contributed by atoms with E-state index in [2.05, 4.69) is 43.3 Å². The molecule has 1 heterocycles. The van der Waals surface area contributed by atoms with E-state index in [9.17, 15) is 4.79 Å². The molecule has 0 fully saturated rings. The van der Waals surface area contributed by atoms with Gasteiger partial charge in [-0.15, -0.1) is 0 Å². The average molecular weight is 263 g/mol. The van der Waals surface area contributed by atoms with E-state index < -0.39 is 0 Å². The highest BCUT2D eigenvalue weighted by Crippen LogP contribution is 2.17. The number of amides is 1. The molecule has 1 aromatic heterocycles. The highest BCUT2D eigenvalue weighted by Gasteiger charge is 2.17. The van der Waals surface area contributed by atoms with E-state index >= 15 is 0 Å². The summed E-state index contributed by atoms with van der Waals surface area (Å²) in [6.07, 6.45) is 2.06. The summed E-state index contributed by atoms with van der Waals surface area (Å²) in [4.78, 5) is 16.3. The zero-order chi connectivity index (χ0) is 14.3. The summed E-state index contributed by atoms with van der Waals surface area (Å²) >= 11 is 0. The Kier molecular flexibility index (Phi) is 5.80. The van der Waals surface area contributed by atoms with E-state index in [0.29, 0.717) is 12.2 Å². The molecule has 0 unspecified atom stereocenters. The maximum absolute atomic E-state index is 12.0. The highest BCUT2D eigenvalue weighted by molar-refractivity contribution is 5.92. The number of hydrogen-bond donors (Lipinski definition) is 2. The number of nitrogens with one attached hydrogen (secondary N) is 2. The molecule has 0 atom stereocenters. The molecule has 0 aliphatic rings. The Morgan fingerprint density at radius 3 is 2.68 bits per heavy atom. The van der Waals surface area contributed by atoms with Crippen LogP contribution in [-0.2, 0) is 0 Å². The Balaban J connectivity index is 2.61. The number of carbonyl (C=O) groups is 1. The summed E-state index contributed by atoms with van der Waals surface area (Å²) in [6, 6.07) is 5.47. The standard InChI is InChI=1S/C15H25N3O/c1-5-10-16-13-9-7-8-12(18-13)14(19)17-11-15(3,4)6-2/h7-9H,5-6,10-11H2,1-4H3,(H,16,18)(H,17,19). The zero-order valence-corrected chi connectivity index (χ0v) is 12.4. The van der Waals surface area contributed by atoms with Crippen molar-refractivity contribution in [3.63, 3.8) is 0 Å². The van der Waals surface area contributed by atoms with Crippen LogP contribution in [0.15, 0.2) is 18.2 Å². The first-order valence-corrected chi connectivity index (χ1v) is 6.97. The molecule has 1 rings (SSSR count). The van der Waals surface area contributed by atoms with Crippen molar-refractivity contribution in [2.24, 2.45) is 5.41 Å². The van der Waals surface area contributed by atoms with Crippen LogP contribution in [-0.4, -0.2) is 24.0 Å². The maximum Gasteiger partial charge on any atom is 0.269 e. The average Bonchev–Trinajstić information content (AvgIpc) is 2.43. The van der Waals surface area contributed by atoms with Crippen LogP contribution in [0.3, 0.4) is 0 Å². The van der Waals surface area contributed by atoms with Crippen LogP contribution >= 0.6 is 0 Å². The van der Waals surface area contributed by atoms with Crippen molar-refractivity contribution in [3.8, 4) is 0 Å². The van der Waals surface area contributed by atoms with Gasteiger partial charge in [-0.3, -0.25) is 4.79 Å². The summed E-state index contributed by atoms with van der Waals surface area (Å²) in [7, 11) is 0. The van der Waals surface area contributed by atoms with Crippen molar-refractivity contribution in [2.75, 3.05) is 18.4 Å². The Morgan fingerprint density at radius 2 is 2.05 bits per heavy atom. The van der Waals surface area contributed by atoms with Crippen molar-refractivity contribution >= 4 is 11.7 Å². The van der Waals surface area contributed by atoms with Crippen molar-refractivity contribution in [1.82, 2.24) is 10.3 Å². The van der Waals surface area contributed by atoms with E-state index in [1.165, 1.54) is 0 Å². The van der Waals surface area contributed by atoms with Crippen molar-refractivity contribution in [3.05, 3.63) is 23.9 Å². The number of nitrogens with zero attached hydrogens (tertiary/aromatic N) is 1. The Morgan fingerprint density at radius 1 is 1.32 bits per heavy atom. The van der Waals surface area contributed by atoms with Crippen LogP contribution < -0.4 is 10.6 Å². The van der Waals surface area contributed by atoms with Crippen LogP contribution in [0.2, 0.25) is 0 Å². The van der Waals surface area contributed by atoms with Crippen molar-refractivity contribution in [2.45, 2.75) is 40.5 Å². The second kappa shape index (κ2) is 7.12. The second-order valence-electron chi connectivity index (χ2n) is 5.54. The molecule has 0 saturated heterocycles. The maximum atomic E-state index is 12.0. The van der Waals surface area contributed by atoms with E-state index in [1.807, 2.05) is 12.1 Å². The molecule has 19 heavy (non-hydrogen) atoms. The fourth-order valence-corrected chi connectivity index (χ4v) is 1.45. The Labute approximate surface area is 116 Å². The molecule has 1 aromatic rings. The number of aromatic nitrogens is 1. The van der Waals surface area contributed by atoms with Crippen LogP contribution in [0, 0.1) is 5.41 Å². The summed E-state index contributed by atoms with van der Waals surface area (Å²) in [5.74, 6) is 0.644. The summed E-state index contributed by atoms with van der Waals surface area (Å²) in [5.41, 5.74) is 0.585. The van der Waals surface area contributed by atoms with E-state index in [1.54, 1.807) is 6.07 Å². The summed E-state index contributed by atoms with van der Waals surface area (Å²) < 4.78 is 0. The van der Waals surface area contributed by atoms with E-state index in [-0.39, 0.29) is 11.3 Å². The minimum atomic E-state index is -0.110. The number of pyridine rings is 1. The zero-order valence-electron chi connectivity index (χ0n) is 12.4. The first-order chi connectivity index (χ1) is 8.98. The van der Waals surface area contributed by atoms with Gasteiger partial charge in [-0.05, 0) is 30.4 Å². The van der Waals surface area contributed by atoms with E-state index in [0.717, 1.165) is 25.2 Å². The fraction of sp³-hybridized carbons (Fsp3) is 0.600. The lowest BCUT2D eigenvalue weighted by Crippen LogP contribution is -2.34. The van der Waals surface area contributed by atoms with Crippen LogP contribution in [0.5, 0.6) is 0 Å². The molecule has 0 aliphatic carbocycles. The minimum Gasteiger partial charge on any atom is -0.370 e. The molecule has 106 valence electrons. The SMILES string of the molecule is CCCNc1cccc(C(=O)NCC(C)(C)CC)n1. The first-order valence-electron chi connectivity index (χ1n) is 6.97. The molecule has 0 spiro atoms. The van der Waals surface area contributed by atoms with Gasteiger partial charge in [0, 0.05) is 13.1 Å². The lowest BCUT2D eigenvalue weighted by Gasteiger charge is -2.22. The van der Waals surface area contributed by atoms with Gasteiger partial charge in [-0.25, -0.2) is 4.98 Å². The lowest BCUT2D eigenvalue weighted by atomic mass is 9.90. The number of carbonyl (C=O) groups excluding carboxylic acids is 1. The smallest absolute Gasteiger partial charge is 0.269 e. The monoisotopic (exact) mass is 263 g/mol. The van der Waals surface area contributed by atoms with Gasteiger partial charge in [-0.1, -0.05) is 33.8 Å².